The van der Waals surface area contributed by atoms with Crippen molar-refractivity contribution in [3.8, 4) is 33.4 Å². The van der Waals surface area contributed by atoms with E-state index < -0.39 is 5.41 Å². The summed E-state index contributed by atoms with van der Waals surface area (Å²) >= 11 is 0. The number of para-hydroxylation sites is 1. The monoisotopic (exact) mass is 827 g/mol. The number of furan rings is 1. The molecule has 0 atom stereocenters. The van der Waals surface area contributed by atoms with Gasteiger partial charge in [0.15, 0.2) is 0 Å². The highest BCUT2D eigenvalue weighted by atomic mass is 16.3. The molecule has 0 bridgehead atoms. The van der Waals surface area contributed by atoms with Crippen molar-refractivity contribution in [2.45, 2.75) is 5.41 Å². The standard InChI is InChI=1S/C63H41NO/c1-3-23-45(24-4-1)63(46-25-5-2-6-26-46)55-34-13-11-31-53(55)61-56(63)35-18-37-58(61)64(47-27-15-22-44(41-47)49-32-16-21-42-19-7-9-28-48(42)49)57-36-14-12-30-51(57)52-33-17-38-59-60(52)54-40-39-43-20-8-10-29-50(43)62(54)65-59/h1-41H. The number of hydrogen-bond donors (Lipinski definition) is 0. The second-order valence-electron chi connectivity index (χ2n) is 17.1. The molecule has 1 aliphatic rings. The maximum Gasteiger partial charge on any atom is 0.143 e. The van der Waals surface area contributed by atoms with Crippen molar-refractivity contribution in [1.82, 2.24) is 0 Å². The highest BCUT2D eigenvalue weighted by Crippen LogP contribution is 2.60. The molecule has 13 rings (SSSR count). The zero-order valence-corrected chi connectivity index (χ0v) is 35.5. The molecular formula is C63H41NO. The van der Waals surface area contributed by atoms with E-state index in [9.17, 15) is 0 Å². The van der Waals surface area contributed by atoms with Gasteiger partial charge in [-0.2, -0.15) is 0 Å². The van der Waals surface area contributed by atoms with Crippen LogP contribution in [-0.4, -0.2) is 0 Å². The van der Waals surface area contributed by atoms with Crippen molar-refractivity contribution in [3.63, 3.8) is 0 Å². The number of anilines is 3. The molecule has 1 aromatic heterocycles. The highest BCUT2D eigenvalue weighted by molar-refractivity contribution is 6.20. The Morgan fingerprint density at radius 1 is 0.354 bits per heavy atom. The lowest BCUT2D eigenvalue weighted by atomic mass is 9.68. The van der Waals surface area contributed by atoms with Crippen LogP contribution in [0.25, 0.3) is 76.9 Å². The average molecular weight is 828 g/mol. The van der Waals surface area contributed by atoms with Gasteiger partial charge in [0.05, 0.1) is 16.8 Å². The van der Waals surface area contributed by atoms with E-state index in [2.05, 4.69) is 254 Å². The molecule has 0 N–H and O–H groups in total. The van der Waals surface area contributed by atoms with Gasteiger partial charge in [0.25, 0.3) is 0 Å². The summed E-state index contributed by atoms with van der Waals surface area (Å²) in [4.78, 5) is 2.52. The summed E-state index contributed by atoms with van der Waals surface area (Å²) < 4.78 is 6.79. The van der Waals surface area contributed by atoms with Gasteiger partial charge in [0, 0.05) is 33.0 Å². The largest absolute Gasteiger partial charge is 0.455 e. The summed E-state index contributed by atoms with van der Waals surface area (Å²) in [5, 5.41) is 6.96. The Hall–Kier alpha value is -8.46. The van der Waals surface area contributed by atoms with Gasteiger partial charge >= 0.3 is 0 Å². The summed E-state index contributed by atoms with van der Waals surface area (Å²) in [6, 6.07) is 90.9. The number of benzene rings is 11. The minimum atomic E-state index is -0.551. The van der Waals surface area contributed by atoms with Crippen molar-refractivity contribution in [3.05, 3.63) is 271 Å². The average Bonchev–Trinajstić information content (AvgIpc) is 3.92. The van der Waals surface area contributed by atoms with E-state index in [1.165, 1.54) is 55.1 Å². The lowest BCUT2D eigenvalue weighted by molar-refractivity contribution is 0.673. The first kappa shape index (κ1) is 37.1. The third-order valence-electron chi connectivity index (χ3n) is 13.7. The third-order valence-corrected chi connectivity index (χ3v) is 13.7. The van der Waals surface area contributed by atoms with E-state index in [-0.39, 0.29) is 0 Å². The molecule has 0 spiro atoms. The summed E-state index contributed by atoms with van der Waals surface area (Å²) in [6.07, 6.45) is 0. The Labute approximate surface area is 377 Å². The lowest BCUT2D eigenvalue weighted by Crippen LogP contribution is -2.28. The second kappa shape index (κ2) is 14.8. The molecule has 65 heavy (non-hydrogen) atoms. The number of rotatable bonds is 7. The topological polar surface area (TPSA) is 16.4 Å². The first-order valence-corrected chi connectivity index (χ1v) is 22.4. The maximum atomic E-state index is 6.79. The van der Waals surface area contributed by atoms with Crippen molar-refractivity contribution in [2.75, 3.05) is 4.90 Å². The van der Waals surface area contributed by atoms with Crippen LogP contribution in [0.4, 0.5) is 17.1 Å². The van der Waals surface area contributed by atoms with Gasteiger partial charge in [-0.3, -0.25) is 0 Å². The smallest absolute Gasteiger partial charge is 0.143 e. The molecule has 1 aliphatic carbocycles. The van der Waals surface area contributed by atoms with E-state index in [0.29, 0.717) is 0 Å². The van der Waals surface area contributed by atoms with E-state index in [4.69, 9.17) is 4.42 Å². The Morgan fingerprint density at radius 3 is 1.74 bits per heavy atom. The quantitative estimate of drug-likeness (QED) is 0.159. The van der Waals surface area contributed by atoms with Crippen LogP contribution in [0.1, 0.15) is 22.3 Å². The van der Waals surface area contributed by atoms with Crippen LogP contribution in [0.15, 0.2) is 253 Å². The first-order valence-electron chi connectivity index (χ1n) is 22.4. The van der Waals surface area contributed by atoms with Crippen molar-refractivity contribution in [1.29, 1.82) is 0 Å². The molecule has 2 heteroatoms. The van der Waals surface area contributed by atoms with Crippen LogP contribution in [0.5, 0.6) is 0 Å². The van der Waals surface area contributed by atoms with Gasteiger partial charge in [0.1, 0.15) is 11.2 Å². The van der Waals surface area contributed by atoms with Crippen LogP contribution in [0, 0.1) is 0 Å². The molecule has 0 unspecified atom stereocenters. The van der Waals surface area contributed by atoms with Crippen LogP contribution in [-0.2, 0) is 5.41 Å². The molecule has 304 valence electrons. The maximum absolute atomic E-state index is 6.79. The van der Waals surface area contributed by atoms with Gasteiger partial charge in [-0.1, -0.05) is 212 Å². The number of hydrogen-bond acceptors (Lipinski definition) is 2. The Kier molecular flexibility index (Phi) is 8.47. The minimum Gasteiger partial charge on any atom is -0.455 e. The fourth-order valence-electron chi connectivity index (χ4n) is 11.0. The fraction of sp³-hybridized carbons (Fsp3) is 0.0159. The Balaban J connectivity index is 1.12. The Bertz CT molecular complexity index is 3740. The van der Waals surface area contributed by atoms with Gasteiger partial charge in [-0.25, -0.2) is 0 Å². The molecule has 0 fully saturated rings. The zero-order valence-electron chi connectivity index (χ0n) is 35.5. The first-order chi connectivity index (χ1) is 32.3. The van der Waals surface area contributed by atoms with Gasteiger partial charge in [0.2, 0.25) is 0 Å². The third kappa shape index (κ3) is 5.60. The van der Waals surface area contributed by atoms with Crippen LogP contribution < -0.4 is 4.90 Å². The molecule has 11 aromatic carbocycles. The predicted octanol–water partition coefficient (Wildman–Crippen LogP) is 17.1. The minimum absolute atomic E-state index is 0.551. The van der Waals surface area contributed by atoms with Gasteiger partial charge < -0.3 is 9.32 Å². The SMILES string of the molecule is c1ccc(C2(c3ccccc3)c3ccccc3-c3c(N(c4cccc(-c5cccc6ccccc56)c4)c4ccccc4-c4cccc5oc6c7ccccc7ccc6c45)cccc32)cc1. The molecule has 0 saturated carbocycles. The van der Waals surface area contributed by atoms with Crippen molar-refractivity contribution >= 4 is 60.5 Å². The van der Waals surface area contributed by atoms with E-state index >= 15 is 0 Å². The van der Waals surface area contributed by atoms with Crippen molar-refractivity contribution < 1.29 is 4.42 Å². The van der Waals surface area contributed by atoms with E-state index in [1.807, 2.05) is 0 Å². The molecular weight excluding hydrogens is 787 g/mol. The summed E-state index contributed by atoms with van der Waals surface area (Å²) in [5.41, 5.74) is 16.6. The molecule has 0 amide bonds. The second-order valence-corrected chi connectivity index (χ2v) is 17.1. The van der Waals surface area contributed by atoms with Crippen LogP contribution in [0.2, 0.25) is 0 Å². The summed E-state index contributed by atoms with van der Waals surface area (Å²) in [5.74, 6) is 0. The molecule has 0 radical (unpaired) electrons. The Morgan fingerprint density at radius 2 is 0.923 bits per heavy atom. The summed E-state index contributed by atoms with van der Waals surface area (Å²) in [7, 11) is 0. The number of nitrogens with zero attached hydrogens (tertiary/aromatic N) is 1. The summed E-state index contributed by atoms with van der Waals surface area (Å²) in [6.45, 7) is 0. The van der Waals surface area contributed by atoms with Crippen LogP contribution >= 0.6 is 0 Å². The van der Waals surface area contributed by atoms with Gasteiger partial charge in [-0.15, -0.1) is 0 Å². The fourth-order valence-corrected chi connectivity index (χ4v) is 11.0. The van der Waals surface area contributed by atoms with Gasteiger partial charge in [-0.05, 0) is 97.1 Å². The lowest BCUT2D eigenvalue weighted by Gasteiger charge is -2.34. The van der Waals surface area contributed by atoms with Crippen molar-refractivity contribution in [2.24, 2.45) is 0 Å². The van der Waals surface area contributed by atoms with E-state index in [0.717, 1.165) is 61.1 Å². The molecule has 12 aromatic rings. The molecule has 2 nitrogen and oxygen atoms in total. The number of fused-ring (bicyclic) bond motifs is 9. The normalized spacial score (nSPS) is 12.7. The molecule has 0 saturated heterocycles. The van der Waals surface area contributed by atoms with Crippen LogP contribution in [0.3, 0.4) is 0 Å². The zero-order chi connectivity index (χ0) is 42.9. The highest BCUT2D eigenvalue weighted by Gasteiger charge is 2.47. The van der Waals surface area contributed by atoms with E-state index in [1.54, 1.807) is 0 Å². The molecule has 1 heterocycles. The predicted molar refractivity (Wildman–Crippen MR) is 272 cm³/mol. The molecule has 0 aliphatic heterocycles.